The maximum Gasteiger partial charge on any atom is 0.134 e. The van der Waals surface area contributed by atoms with Crippen LogP contribution in [-0.4, -0.2) is 32.1 Å². The van der Waals surface area contributed by atoms with Crippen molar-refractivity contribution in [2.75, 3.05) is 27.2 Å². The third-order valence-corrected chi connectivity index (χ3v) is 4.24. The molecule has 0 unspecified atom stereocenters. The first kappa shape index (κ1) is 18.3. The molecule has 0 aromatic heterocycles. The van der Waals surface area contributed by atoms with E-state index in [2.05, 4.69) is 52.4 Å². The molecule has 0 saturated carbocycles. The minimum absolute atomic E-state index is 0.524. The van der Waals surface area contributed by atoms with E-state index in [1.54, 1.807) is 0 Å². The van der Waals surface area contributed by atoms with Gasteiger partial charge < -0.3 is 15.0 Å². The third-order valence-electron chi connectivity index (χ3n) is 3.37. The van der Waals surface area contributed by atoms with Crippen molar-refractivity contribution in [2.45, 2.75) is 13.2 Å². The van der Waals surface area contributed by atoms with Crippen molar-refractivity contribution in [3.05, 3.63) is 63.1 Å². The first-order chi connectivity index (χ1) is 11.0. The number of ether oxygens (including phenoxy) is 1. The van der Waals surface area contributed by atoms with E-state index in [4.69, 9.17) is 16.3 Å². The minimum atomic E-state index is 0.524. The summed E-state index contributed by atoms with van der Waals surface area (Å²) in [6, 6.07) is 13.9. The first-order valence-corrected chi connectivity index (χ1v) is 8.73. The van der Waals surface area contributed by atoms with Gasteiger partial charge in [-0.2, -0.15) is 0 Å². The van der Waals surface area contributed by atoms with Crippen LogP contribution in [0.3, 0.4) is 0 Å². The largest absolute Gasteiger partial charge is 0.488 e. The number of halogens is 2. The van der Waals surface area contributed by atoms with Crippen molar-refractivity contribution in [3.63, 3.8) is 0 Å². The van der Waals surface area contributed by atoms with Crippen LogP contribution in [0.25, 0.3) is 0 Å². The molecule has 0 heterocycles. The summed E-state index contributed by atoms with van der Waals surface area (Å²) in [4.78, 5) is 2.16. The van der Waals surface area contributed by atoms with E-state index in [1.165, 1.54) is 5.56 Å². The Morgan fingerprint density at radius 2 is 1.78 bits per heavy atom. The molecule has 0 amide bonds. The SMILES string of the molecule is CN(C)CCNCc1ccc(OCc2ccc(Cl)cc2)c(Br)c1. The van der Waals surface area contributed by atoms with Gasteiger partial charge in [-0.15, -0.1) is 0 Å². The smallest absolute Gasteiger partial charge is 0.134 e. The van der Waals surface area contributed by atoms with Gasteiger partial charge in [-0.1, -0.05) is 29.8 Å². The zero-order valence-corrected chi connectivity index (χ0v) is 15.8. The number of hydrogen-bond acceptors (Lipinski definition) is 3. The molecule has 3 nitrogen and oxygen atoms in total. The van der Waals surface area contributed by atoms with E-state index in [0.29, 0.717) is 6.61 Å². The van der Waals surface area contributed by atoms with Gasteiger partial charge in [0, 0.05) is 24.7 Å². The molecule has 0 bridgehead atoms. The van der Waals surface area contributed by atoms with Crippen molar-refractivity contribution in [3.8, 4) is 5.75 Å². The van der Waals surface area contributed by atoms with Gasteiger partial charge in [0.15, 0.2) is 0 Å². The Morgan fingerprint density at radius 1 is 1.09 bits per heavy atom. The Bertz CT molecular complexity index is 617. The lowest BCUT2D eigenvalue weighted by molar-refractivity contribution is 0.304. The molecule has 0 aliphatic rings. The van der Waals surface area contributed by atoms with Gasteiger partial charge in [-0.05, 0) is 65.4 Å². The third kappa shape index (κ3) is 6.51. The zero-order chi connectivity index (χ0) is 16.7. The summed E-state index contributed by atoms with van der Waals surface area (Å²) < 4.78 is 6.83. The monoisotopic (exact) mass is 396 g/mol. The molecule has 0 fully saturated rings. The maximum absolute atomic E-state index is 5.88. The summed E-state index contributed by atoms with van der Waals surface area (Å²) in [5, 5.41) is 4.16. The van der Waals surface area contributed by atoms with E-state index in [0.717, 1.165) is 40.4 Å². The van der Waals surface area contributed by atoms with E-state index >= 15 is 0 Å². The van der Waals surface area contributed by atoms with Gasteiger partial charge in [-0.3, -0.25) is 0 Å². The number of rotatable bonds is 8. The Kier molecular flexibility index (Phi) is 7.37. The molecule has 0 saturated heterocycles. The highest BCUT2D eigenvalue weighted by Gasteiger charge is 2.04. The van der Waals surface area contributed by atoms with E-state index in [9.17, 15) is 0 Å². The molecule has 23 heavy (non-hydrogen) atoms. The Labute approximate surface area is 151 Å². The van der Waals surface area contributed by atoms with Crippen LogP contribution in [0.5, 0.6) is 5.75 Å². The van der Waals surface area contributed by atoms with Crippen LogP contribution in [-0.2, 0) is 13.2 Å². The summed E-state index contributed by atoms with van der Waals surface area (Å²) in [5.41, 5.74) is 2.32. The van der Waals surface area contributed by atoms with Crippen molar-refractivity contribution < 1.29 is 4.74 Å². The van der Waals surface area contributed by atoms with Gasteiger partial charge in [0.2, 0.25) is 0 Å². The molecule has 0 aliphatic heterocycles. The summed E-state index contributed by atoms with van der Waals surface area (Å²) in [6.45, 7) is 3.38. The predicted molar refractivity (Wildman–Crippen MR) is 100 cm³/mol. The fourth-order valence-electron chi connectivity index (χ4n) is 2.05. The van der Waals surface area contributed by atoms with E-state index in [1.807, 2.05) is 30.3 Å². The molecule has 0 aliphatic carbocycles. The van der Waals surface area contributed by atoms with Gasteiger partial charge in [0.05, 0.1) is 4.47 Å². The standard InChI is InChI=1S/C18H22BrClN2O/c1-22(2)10-9-21-12-15-5-8-18(17(19)11-15)23-13-14-3-6-16(20)7-4-14/h3-8,11,21H,9-10,12-13H2,1-2H3. The first-order valence-electron chi connectivity index (χ1n) is 7.56. The van der Waals surface area contributed by atoms with E-state index < -0.39 is 0 Å². The number of hydrogen-bond donors (Lipinski definition) is 1. The molecule has 1 N–H and O–H groups in total. The number of nitrogens with one attached hydrogen (secondary N) is 1. The molecule has 2 aromatic rings. The predicted octanol–water partition coefficient (Wildman–Crippen LogP) is 4.33. The molecule has 5 heteroatoms. The molecule has 0 atom stereocenters. The summed E-state index contributed by atoms with van der Waals surface area (Å²) in [6.07, 6.45) is 0. The van der Waals surface area contributed by atoms with Crippen molar-refractivity contribution in [2.24, 2.45) is 0 Å². The van der Waals surface area contributed by atoms with Crippen LogP contribution in [0.2, 0.25) is 5.02 Å². The fourth-order valence-corrected chi connectivity index (χ4v) is 2.72. The van der Waals surface area contributed by atoms with Crippen LogP contribution in [0.1, 0.15) is 11.1 Å². The number of likely N-dealkylation sites (N-methyl/N-ethyl adjacent to an activating group) is 1. The second-order valence-corrected chi connectivity index (χ2v) is 6.95. The summed E-state index contributed by atoms with van der Waals surface area (Å²) >= 11 is 9.47. The quantitative estimate of drug-likeness (QED) is 0.671. The van der Waals surface area contributed by atoms with Gasteiger partial charge in [-0.25, -0.2) is 0 Å². The lowest BCUT2D eigenvalue weighted by atomic mass is 10.2. The van der Waals surface area contributed by atoms with Gasteiger partial charge >= 0.3 is 0 Å². The van der Waals surface area contributed by atoms with Gasteiger partial charge in [0.25, 0.3) is 0 Å². The van der Waals surface area contributed by atoms with Crippen molar-refractivity contribution in [1.82, 2.24) is 10.2 Å². The number of benzene rings is 2. The normalized spacial score (nSPS) is 11.0. The molecule has 0 spiro atoms. The average Bonchev–Trinajstić information content (AvgIpc) is 2.52. The Hall–Kier alpha value is -1.07. The lowest BCUT2D eigenvalue weighted by Crippen LogP contribution is -2.26. The highest BCUT2D eigenvalue weighted by molar-refractivity contribution is 9.10. The highest BCUT2D eigenvalue weighted by atomic mass is 79.9. The van der Waals surface area contributed by atoms with Crippen LogP contribution in [0.4, 0.5) is 0 Å². The van der Waals surface area contributed by atoms with Crippen LogP contribution in [0, 0.1) is 0 Å². The summed E-state index contributed by atoms with van der Waals surface area (Å²) in [7, 11) is 4.15. The lowest BCUT2D eigenvalue weighted by Gasteiger charge is -2.12. The molecule has 2 aromatic carbocycles. The van der Waals surface area contributed by atoms with Crippen molar-refractivity contribution in [1.29, 1.82) is 0 Å². The Morgan fingerprint density at radius 3 is 2.43 bits per heavy atom. The van der Waals surface area contributed by atoms with Crippen LogP contribution in [0.15, 0.2) is 46.9 Å². The van der Waals surface area contributed by atoms with Crippen LogP contribution >= 0.6 is 27.5 Å². The van der Waals surface area contributed by atoms with Gasteiger partial charge in [0.1, 0.15) is 12.4 Å². The number of nitrogens with zero attached hydrogens (tertiary/aromatic N) is 1. The Balaban J connectivity index is 1.85. The second-order valence-electron chi connectivity index (χ2n) is 5.66. The zero-order valence-electron chi connectivity index (χ0n) is 13.5. The topological polar surface area (TPSA) is 24.5 Å². The van der Waals surface area contributed by atoms with Crippen molar-refractivity contribution >= 4 is 27.5 Å². The minimum Gasteiger partial charge on any atom is -0.488 e. The van der Waals surface area contributed by atoms with E-state index in [-0.39, 0.29) is 0 Å². The molecule has 2 rings (SSSR count). The average molecular weight is 398 g/mol. The highest BCUT2D eigenvalue weighted by Crippen LogP contribution is 2.27. The second kappa shape index (κ2) is 9.28. The van der Waals surface area contributed by atoms with Crippen LogP contribution < -0.4 is 10.1 Å². The molecular formula is C18H22BrClN2O. The summed E-state index contributed by atoms with van der Waals surface area (Å²) in [5.74, 6) is 0.844. The molecular weight excluding hydrogens is 376 g/mol. The fraction of sp³-hybridized carbons (Fsp3) is 0.333. The molecule has 124 valence electrons. The molecule has 0 radical (unpaired) electrons. The maximum atomic E-state index is 5.88.